The Morgan fingerprint density at radius 3 is 2.94 bits per heavy atom. The van der Waals surface area contributed by atoms with Crippen molar-refractivity contribution in [3.8, 4) is 11.4 Å². The van der Waals surface area contributed by atoms with Gasteiger partial charge in [-0.05, 0) is 35.9 Å². The van der Waals surface area contributed by atoms with Crippen LogP contribution in [0.25, 0.3) is 11.4 Å². The summed E-state index contributed by atoms with van der Waals surface area (Å²) in [6.45, 7) is 4.50. The van der Waals surface area contributed by atoms with Crippen molar-refractivity contribution in [1.29, 1.82) is 0 Å². The highest BCUT2D eigenvalue weighted by Gasteiger charge is 2.16. The van der Waals surface area contributed by atoms with Crippen molar-refractivity contribution in [2.45, 2.75) is 19.9 Å². The molecule has 0 bridgehead atoms. The summed E-state index contributed by atoms with van der Waals surface area (Å²) in [5, 5.41) is 11.8. The van der Waals surface area contributed by atoms with Gasteiger partial charge in [0, 0.05) is 18.4 Å². The van der Waals surface area contributed by atoms with E-state index in [1.165, 1.54) is 0 Å². The highest BCUT2D eigenvalue weighted by Crippen LogP contribution is 2.27. The summed E-state index contributed by atoms with van der Waals surface area (Å²) in [4.78, 5) is 0. The van der Waals surface area contributed by atoms with Crippen molar-refractivity contribution < 1.29 is 4.74 Å². The maximum Gasteiger partial charge on any atom is 0.184 e. The standard InChI is InChI=1S/C12H17N5O/c1-8-5-4-6-10(11(8)13)12-14-15-16-17(12)9(2)7-18-3/h4-6,9H,7,13H2,1-3H3. The zero-order valence-corrected chi connectivity index (χ0v) is 10.8. The first kappa shape index (κ1) is 12.5. The Morgan fingerprint density at radius 2 is 2.22 bits per heavy atom. The van der Waals surface area contributed by atoms with Crippen LogP contribution in [0.2, 0.25) is 0 Å². The number of hydrogen-bond donors (Lipinski definition) is 1. The Morgan fingerprint density at radius 1 is 1.44 bits per heavy atom. The number of anilines is 1. The second-order valence-electron chi connectivity index (χ2n) is 4.29. The molecule has 1 aromatic heterocycles. The fraction of sp³-hybridized carbons (Fsp3) is 0.417. The van der Waals surface area contributed by atoms with Gasteiger partial charge in [0.15, 0.2) is 5.82 Å². The first-order chi connectivity index (χ1) is 8.65. The van der Waals surface area contributed by atoms with Crippen molar-refractivity contribution in [3.63, 3.8) is 0 Å². The van der Waals surface area contributed by atoms with Crippen LogP contribution in [-0.2, 0) is 4.74 Å². The van der Waals surface area contributed by atoms with Gasteiger partial charge in [0.05, 0.1) is 12.6 Å². The van der Waals surface area contributed by atoms with Crippen molar-refractivity contribution in [2.75, 3.05) is 19.5 Å². The molecule has 0 amide bonds. The van der Waals surface area contributed by atoms with Gasteiger partial charge in [0.1, 0.15) is 0 Å². The molecule has 0 spiro atoms. The Labute approximate surface area is 106 Å². The van der Waals surface area contributed by atoms with E-state index in [1.54, 1.807) is 11.8 Å². The molecule has 96 valence electrons. The SMILES string of the molecule is COCC(C)n1nnnc1-c1cccc(C)c1N. The molecule has 2 rings (SSSR count). The molecule has 18 heavy (non-hydrogen) atoms. The van der Waals surface area contributed by atoms with Gasteiger partial charge < -0.3 is 10.5 Å². The van der Waals surface area contributed by atoms with Crippen LogP contribution < -0.4 is 5.73 Å². The summed E-state index contributed by atoms with van der Waals surface area (Å²) in [5.41, 5.74) is 8.65. The third-order valence-corrected chi connectivity index (χ3v) is 2.88. The molecular formula is C12H17N5O. The molecular weight excluding hydrogens is 230 g/mol. The number of nitrogens with two attached hydrogens (primary N) is 1. The monoisotopic (exact) mass is 247 g/mol. The lowest BCUT2D eigenvalue weighted by Gasteiger charge is -2.13. The smallest absolute Gasteiger partial charge is 0.184 e. The second kappa shape index (κ2) is 5.14. The zero-order valence-electron chi connectivity index (χ0n) is 10.8. The average molecular weight is 247 g/mol. The van der Waals surface area contributed by atoms with Gasteiger partial charge in [-0.3, -0.25) is 0 Å². The molecule has 0 saturated heterocycles. The molecule has 2 N–H and O–H groups in total. The molecule has 0 radical (unpaired) electrons. The number of benzene rings is 1. The van der Waals surface area contributed by atoms with E-state index < -0.39 is 0 Å². The Kier molecular flexibility index (Phi) is 3.57. The fourth-order valence-corrected chi connectivity index (χ4v) is 1.86. The molecule has 0 aliphatic rings. The molecule has 0 saturated carbocycles. The predicted molar refractivity (Wildman–Crippen MR) is 69.0 cm³/mol. The lowest BCUT2D eigenvalue weighted by atomic mass is 10.1. The van der Waals surface area contributed by atoms with Gasteiger partial charge in [-0.25, -0.2) is 4.68 Å². The van der Waals surface area contributed by atoms with E-state index in [2.05, 4.69) is 15.5 Å². The highest BCUT2D eigenvalue weighted by atomic mass is 16.5. The van der Waals surface area contributed by atoms with Crippen molar-refractivity contribution in [2.24, 2.45) is 0 Å². The number of para-hydroxylation sites is 1. The predicted octanol–water partition coefficient (Wildman–Crippen LogP) is 1.44. The molecule has 0 aliphatic heterocycles. The van der Waals surface area contributed by atoms with Gasteiger partial charge in [0.25, 0.3) is 0 Å². The maximum atomic E-state index is 6.08. The van der Waals surface area contributed by atoms with Crippen LogP contribution in [0.3, 0.4) is 0 Å². The van der Waals surface area contributed by atoms with Crippen LogP contribution in [0.4, 0.5) is 5.69 Å². The summed E-state index contributed by atoms with van der Waals surface area (Å²) < 4.78 is 6.86. The molecule has 2 aromatic rings. The van der Waals surface area contributed by atoms with Crippen LogP contribution in [0.5, 0.6) is 0 Å². The van der Waals surface area contributed by atoms with Crippen molar-refractivity contribution in [1.82, 2.24) is 20.2 Å². The Balaban J connectivity index is 2.45. The number of aryl methyl sites for hydroxylation is 1. The molecule has 6 heteroatoms. The summed E-state index contributed by atoms with van der Waals surface area (Å²) >= 11 is 0. The van der Waals surface area contributed by atoms with Crippen LogP contribution in [0.15, 0.2) is 18.2 Å². The van der Waals surface area contributed by atoms with Crippen LogP contribution in [-0.4, -0.2) is 33.9 Å². The first-order valence-electron chi connectivity index (χ1n) is 5.77. The topological polar surface area (TPSA) is 78.8 Å². The van der Waals surface area contributed by atoms with E-state index >= 15 is 0 Å². The van der Waals surface area contributed by atoms with Gasteiger partial charge in [0.2, 0.25) is 0 Å². The minimum absolute atomic E-state index is 0.0555. The molecule has 0 fully saturated rings. The maximum absolute atomic E-state index is 6.08. The highest BCUT2D eigenvalue weighted by molar-refractivity contribution is 5.73. The lowest BCUT2D eigenvalue weighted by molar-refractivity contribution is 0.156. The normalized spacial score (nSPS) is 12.6. The Hall–Kier alpha value is -1.95. The summed E-state index contributed by atoms with van der Waals surface area (Å²) in [5.74, 6) is 0.667. The van der Waals surface area contributed by atoms with E-state index in [1.807, 2.05) is 32.0 Å². The molecule has 0 aliphatic carbocycles. The number of aromatic nitrogens is 4. The van der Waals surface area contributed by atoms with E-state index in [0.29, 0.717) is 18.1 Å². The van der Waals surface area contributed by atoms with E-state index in [9.17, 15) is 0 Å². The van der Waals surface area contributed by atoms with E-state index in [4.69, 9.17) is 10.5 Å². The molecule has 1 unspecified atom stereocenters. The van der Waals surface area contributed by atoms with Gasteiger partial charge >= 0.3 is 0 Å². The average Bonchev–Trinajstić information content (AvgIpc) is 2.82. The quantitative estimate of drug-likeness (QED) is 0.827. The van der Waals surface area contributed by atoms with Crippen LogP contribution in [0, 0.1) is 6.92 Å². The molecule has 1 atom stereocenters. The minimum atomic E-state index is 0.0555. The van der Waals surface area contributed by atoms with Gasteiger partial charge in [-0.1, -0.05) is 12.1 Å². The number of ether oxygens (including phenoxy) is 1. The number of nitrogen functional groups attached to an aromatic ring is 1. The first-order valence-corrected chi connectivity index (χ1v) is 5.77. The third-order valence-electron chi connectivity index (χ3n) is 2.88. The van der Waals surface area contributed by atoms with Crippen molar-refractivity contribution >= 4 is 5.69 Å². The number of rotatable bonds is 4. The van der Waals surface area contributed by atoms with Gasteiger partial charge in [-0.2, -0.15) is 0 Å². The molecule has 1 heterocycles. The number of hydrogen-bond acceptors (Lipinski definition) is 5. The fourth-order valence-electron chi connectivity index (χ4n) is 1.86. The minimum Gasteiger partial charge on any atom is -0.398 e. The molecule has 6 nitrogen and oxygen atoms in total. The van der Waals surface area contributed by atoms with Gasteiger partial charge in [-0.15, -0.1) is 5.10 Å². The largest absolute Gasteiger partial charge is 0.398 e. The van der Waals surface area contributed by atoms with E-state index in [0.717, 1.165) is 11.1 Å². The second-order valence-corrected chi connectivity index (χ2v) is 4.29. The number of tetrazole rings is 1. The summed E-state index contributed by atoms with van der Waals surface area (Å²) in [7, 11) is 1.65. The lowest BCUT2D eigenvalue weighted by Crippen LogP contribution is -2.14. The number of nitrogens with zero attached hydrogens (tertiary/aromatic N) is 4. The van der Waals surface area contributed by atoms with Crippen LogP contribution in [0.1, 0.15) is 18.5 Å². The number of methoxy groups -OCH3 is 1. The molecule has 1 aromatic carbocycles. The van der Waals surface area contributed by atoms with E-state index in [-0.39, 0.29) is 6.04 Å². The summed E-state index contributed by atoms with van der Waals surface area (Å²) in [6, 6.07) is 5.89. The van der Waals surface area contributed by atoms with Crippen LogP contribution >= 0.6 is 0 Å². The summed E-state index contributed by atoms with van der Waals surface area (Å²) in [6.07, 6.45) is 0. The van der Waals surface area contributed by atoms with Crippen molar-refractivity contribution in [3.05, 3.63) is 23.8 Å². The Bertz CT molecular complexity index is 537. The third kappa shape index (κ3) is 2.19. The zero-order chi connectivity index (χ0) is 13.1.